The van der Waals surface area contributed by atoms with Crippen molar-refractivity contribution in [2.45, 2.75) is 10.6 Å². The van der Waals surface area contributed by atoms with Gasteiger partial charge in [0.05, 0.1) is 19.9 Å². The molecule has 0 aliphatic carbocycles. The maximum atomic E-state index is 13.7. The highest BCUT2D eigenvalue weighted by molar-refractivity contribution is 7.98. The Morgan fingerprint density at radius 2 is 1.84 bits per heavy atom. The number of benzene rings is 2. The second kappa shape index (κ2) is 7.84. The molecule has 0 saturated heterocycles. The van der Waals surface area contributed by atoms with E-state index in [2.05, 4.69) is 4.98 Å². The van der Waals surface area contributed by atoms with Crippen LogP contribution in [-0.2, 0) is 5.75 Å². The molecule has 0 aliphatic heterocycles. The molecule has 0 amide bonds. The molecule has 0 bridgehead atoms. The first kappa shape index (κ1) is 17.7. The van der Waals surface area contributed by atoms with E-state index in [1.54, 1.807) is 14.2 Å². The van der Waals surface area contributed by atoms with Gasteiger partial charge in [-0.05, 0) is 36.4 Å². The lowest BCUT2D eigenvalue weighted by Crippen LogP contribution is -1.91. The molecular formula is C18H15F2NO2S2. The number of rotatable bonds is 6. The first-order valence-electron chi connectivity index (χ1n) is 7.35. The Labute approximate surface area is 152 Å². The van der Waals surface area contributed by atoms with E-state index >= 15 is 0 Å². The highest BCUT2D eigenvalue weighted by Crippen LogP contribution is 2.34. The van der Waals surface area contributed by atoms with Crippen molar-refractivity contribution < 1.29 is 18.3 Å². The fourth-order valence-electron chi connectivity index (χ4n) is 2.21. The fourth-order valence-corrected chi connectivity index (χ4v) is 3.99. The van der Waals surface area contributed by atoms with Crippen LogP contribution in [0, 0.1) is 11.6 Å². The average Bonchev–Trinajstić information content (AvgIpc) is 3.11. The van der Waals surface area contributed by atoms with Gasteiger partial charge in [0.15, 0.2) is 11.5 Å². The number of hydrogen-bond acceptors (Lipinski definition) is 5. The minimum Gasteiger partial charge on any atom is -0.493 e. The molecule has 0 N–H and O–H groups in total. The third kappa shape index (κ3) is 4.11. The average molecular weight is 379 g/mol. The molecule has 0 saturated carbocycles. The summed E-state index contributed by atoms with van der Waals surface area (Å²) in [4.78, 5) is 4.84. The van der Waals surface area contributed by atoms with E-state index in [0.717, 1.165) is 28.4 Å². The quantitative estimate of drug-likeness (QED) is 0.537. The molecular weight excluding hydrogens is 364 g/mol. The lowest BCUT2D eigenvalue weighted by molar-refractivity contribution is 0.355. The van der Waals surface area contributed by atoms with Crippen molar-refractivity contribution in [3.8, 4) is 22.1 Å². The van der Waals surface area contributed by atoms with E-state index in [1.165, 1.54) is 29.2 Å². The molecule has 130 valence electrons. The van der Waals surface area contributed by atoms with Gasteiger partial charge in [0.25, 0.3) is 0 Å². The van der Waals surface area contributed by atoms with E-state index in [4.69, 9.17) is 9.47 Å². The van der Waals surface area contributed by atoms with Gasteiger partial charge in [-0.3, -0.25) is 0 Å². The predicted octanol–water partition coefficient (Wildman–Crippen LogP) is 5.40. The monoisotopic (exact) mass is 379 g/mol. The molecule has 25 heavy (non-hydrogen) atoms. The Bertz CT molecular complexity index is 883. The molecule has 2 aromatic carbocycles. The number of nitrogens with zero attached hydrogens (tertiary/aromatic N) is 1. The van der Waals surface area contributed by atoms with Crippen molar-refractivity contribution in [1.29, 1.82) is 0 Å². The SMILES string of the molecule is COc1ccc(-c2nc(CSc3cc(F)ccc3F)cs2)cc1OC. The zero-order valence-corrected chi connectivity index (χ0v) is 15.2. The van der Waals surface area contributed by atoms with E-state index in [0.29, 0.717) is 17.3 Å². The highest BCUT2D eigenvalue weighted by Gasteiger charge is 2.11. The number of thiazole rings is 1. The van der Waals surface area contributed by atoms with Gasteiger partial charge >= 0.3 is 0 Å². The Morgan fingerprint density at radius 3 is 2.60 bits per heavy atom. The highest BCUT2D eigenvalue weighted by atomic mass is 32.2. The van der Waals surface area contributed by atoms with E-state index in [9.17, 15) is 8.78 Å². The van der Waals surface area contributed by atoms with E-state index in [1.807, 2.05) is 23.6 Å². The lowest BCUT2D eigenvalue weighted by atomic mass is 10.2. The van der Waals surface area contributed by atoms with Crippen LogP contribution in [0.1, 0.15) is 5.69 Å². The van der Waals surface area contributed by atoms with Gasteiger partial charge in [0, 0.05) is 21.6 Å². The maximum absolute atomic E-state index is 13.7. The third-order valence-corrected chi connectivity index (χ3v) is 5.46. The number of thioether (sulfide) groups is 1. The van der Waals surface area contributed by atoms with Gasteiger partial charge in [-0.2, -0.15) is 0 Å². The Morgan fingerprint density at radius 1 is 1.04 bits per heavy atom. The number of methoxy groups -OCH3 is 2. The van der Waals surface area contributed by atoms with Crippen molar-refractivity contribution in [2.24, 2.45) is 0 Å². The molecule has 1 heterocycles. The molecule has 0 atom stereocenters. The molecule has 0 radical (unpaired) electrons. The summed E-state index contributed by atoms with van der Waals surface area (Å²) in [6, 6.07) is 9.03. The lowest BCUT2D eigenvalue weighted by Gasteiger charge is -2.08. The number of halogens is 2. The van der Waals surface area contributed by atoms with Crippen LogP contribution in [0.15, 0.2) is 46.7 Å². The van der Waals surface area contributed by atoms with E-state index in [-0.39, 0.29) is 4.90 Å². The molecule has 0 fully saturated rings. The summed E-state index contributed by atoms with van der Waals surface area (Å²) < 4.78 is 37.4. The molecule has 1 aromatic heterocycles. The standard InChI is InChI=1S/C18H15F2NO2S2/c1-22-15-6-3-11(7-16(15)23-2)18-21-13(10-25-18)9-24-17-8-12(19)4-5-14(17)20/h3-8,10H,9H2,1-2H3. The summed E-state index contributed by atoms with van der Waals surface area (Å²) in [5.74, 6) is 0.868. The second-order valence-corrected chi connectivity index (χ2v) is 6.95. The van der Waals surface area contributed by atoms with Crippen molar-refractivity contribution in [3.05, 3.63) is 59.1 Å². The second-order valence-electron chi connectivity index (χ2n) is 5.08. The van der Waals surface area contributed by atoms with Crippen molar-refractivity contribution in [3.63, 3.8) is 0 Å². The number of aromatic nitrogens is 1. The van der Waals surface area contributed by atoms with Crippen LogP contribution in [0.4, 0.5) is 8.78 Å². The van der Waals surface area contributed by atoms with Gasteiger partial charge in [-0.15, -0.1) is 23.1 Å². The maximum Gasteiger partial charge on any atom is 0.161 e. The summed E-state index contributed by atoms with van der Waals surface area (Å²) in [6.45, 7) is 0. The van der Waals surface area contributed by atoms with Gasteiger partial charge in [-0.25, -0.2) is 13.8 Å². The summed E-state index contributed by atoms with van der Waals surface area (Å²) in [6.07, 6.45) is 0. The first-order valence-corrected chi connectivity index (χ1v) is 9.22. The van der Waals surface area contributed by atoms with Crippen LogP contribution >= 0.6 is 23.1 Å². The molecule has 3 rings (SSSR count). The largest absolute Gasteiger partial charge is 0.493 e. The molecule has 0 aliphatic rings. The molecule has 0 spiro atoms. The summed E-state index contributed by atoms with van der Waals surface area (Å²) in [5, 5.41) is 2.74. The van der Waals surface area contributed by atoms with Crippen LogP contribution in [0.3, 0.4) is 0 Å². The zero-order valence-electron chi connectivity index (χ0n) is 13.6. The minimum atomic E-state index is -0.451. The number of hydrogen-bond donors (Lipinski definition) is 0. The summed E-state index contributed by atoms with van der Waals surface area (Å²) >= 11 is 2.71. The molecule has 0 unspecified atom stereocenters. The normalized spacial score (nSPS) is 10.7. The zero-order chi connectivity index (χ0) is 17.8. The van der Waals surface area contributed by atoms with Crippen molar-refractivity contribution in [1.82, 2.24) is 4.98 Å². The summed E-state index contributed by atoms with van der Waals surface area (Å²) in [7, 11) is 3.17. The van der Waals surface area contributed by atoms with Gasteiger partial charge in [0.2, 0.25) is 0 Å². The topological polar surface area (TPSA) is 31.4 Å². The molecule has 3 nitrogen and oxygen atoms in total. The summed E-state index contributed by atoms with van der Waals surface area (Å²) in [5.41, 5.74) is 1.72. The van der Waals surface area contributed by atoms with Crippen LogP contribution in [0.25, 0.3) is 10.6 Å². The van der Waals surface area contributed by atoms with Crippen LogP contribution in [0.5, 0.6) is 11.5 Å². The molecule has 7 heteroatoms. The van der Waals surface area contributed by atoms with Crippen LogP contribution < -0.4 is 9.47 Å². The Kier molecular flexibility index (Phi) is 5.55. The van der Waals surface area contributed by atoms with Gasteiger partial charge in [0.1, 0.15) is 16.6 Å². The van der Waals surface area contributed by atoms with E-state index < -0.39 is 11.6 Å². The Hall–Kier alpha value is -2.12. The molecule has 3 aromatic rings. The van der Waals surface area contributed by atoms with Crippen LogP contribution in [-0.4, -0.2) is 19.2 Å². The smallest absolute Gasteiger partial charge is 0.161 e. The van der Waals surface area contributed by atoms with Crippen LogP contribution in [0.2, 0.25) is 0 Å². The number of ether oxygens (including phenoxy) is 2. The fraction of sp³-hybridized carbons (Fsp3) is 0.167. The Balaban J connectivity index is 1.75. The first-order chi connectivity index (χ1) is 12.1. The minimum absolute atomic E-state index is 0.278. The predicted molar refractivity (Wildman–Crippen MR) is 96.6 cm³/mol. The third-order valence-electron chi connectivity index (χ3n) is 3.45. The van der Waals surface area contributed by atoms with Crippen molar-refractivity contribution >= 4 is 23.1 Å². The van der Waals surface area contributed by atoms with Gasteiger partial charge in [-0.1, -0.05) is 0 Å². The van der Waals surface area contributed by atoms with Gasteiger partial charge < -0.3 is 9.47 Å². The van der Waals surface area contributed by atoms with Crippen molar-refractivity contribution in [2.75, 3.05) is 14.2 Å².